The summed E-state index contributed by atoms with van der Waals surface area (Å²) < 4.78 is 0. The lowest BCUT2D eigenvalue weighted by molar-refractivity contribution is -0.133. The Bertz CT molecular complexity index is 261. The molecule has 4 nitrogen and oxygen atoms in total. The maximum atomic E-state index is 11.4. The van der Waals surface area contributed by atoms with Gasteiger partial charge in [0.1, 0.15) is 0 Å². The molecule has 1 fully saturated rings. The molecule has 1 amide bonds. The van der Waals surface area contributed by atoms with E-state index < -0.39 is 5.97 Å². The Hall–Kier alpha value is -0.710. The van der Waals surface area contributed by atoms with E-state index in [4.69, 9.17) is 5.11 Å². The third-order valence-electron chi connectivity index (χ3n) is 2.52. The zero-order valence-corrected chi connectivity index (χ0v) is 9.89. The van der Waals surface area contributed by atoms with Crippen LogP contribution in [0.4, 0.5) is 0 Å². The number of amides is 1. The van der Waals surface area contributed by atoms with Crippen molar-refractivity contribution in [1.82, 2.24) is 5.32 Å². The van der Waals surface area contributed by atoms with Crippen molar-refractivity contribution in [1.29, 1.82) is 0 Å². The number of hydrogen-bond donors (Lipinski definition) is 2. The average molecular weight is 231 g/mol. The van der Waals surface area contributed by atoms with Gasteiger partial charge in [0.05, 0.1) is 11.5 Å². The molecule has 1 aliphatic carbocycles. The number of hydrogen-bond acceptors (Lipinski definition) is 3. The Kier molecular flexibility index (Phi) is 4.02. The van der Waals surface area contributed by atoms with E-state index >= 15 is 0 Å². The highest BCUT2D eigenvalue weighted by molar-refractivity contribution is 8.00. The topological polar surface area (TPSA) is 66.4 Å². The number of nitrogens with one attached hydrogen (secondary N) is 1. The van der Waals surface area contributed by atoms with Gasteiger partial charge in [-0.15, -0.1) is 11.8 Å². The minimum atomic E-state index is -0.880. The van der Waals surface area contributed by atoms with Gasteiger partial charge in [-0.2, -0.15) is 0 Å². The Morgan fingerprint density at radius 1 is 1.40 bits per heavy atom. The number of rotatable bonds is 6. The molecule has 86 valence electrons. The molecule has 0 aromatic carbocycles. The Labute approximate surface area is 93.8 Å². The van der Waals surface area contributed by atoms with Crippen LogP contribution in [0.15, 0.2) is 0 Å². The van der Waals surface area contributed by atoms with E-state index in [1.165, 1.54) is 12.8 Å². The van der Waals surface area contributed by atoms with Gasteiger partial charge >= 0.3 is 5.97 Å². The van der Waals surface area contributed by atoms with Gasteiger partial charge in [0, 0.05) is 5.54 Å². The van der Waals surface area contributed by atoms with E-state index in [2.05, 4.69) is 5.32 Å². The highest BCUT2D eigenvalue weighted by Crippen LogP contribution is 2.39. The molecule has 0 aromatic heterocycles. The summed E-state index contributed by atoms with van der Waals surface area (Å²) in [4.78, 5) is 21.7. The predicted molar refractivity (Wildman–Crippen MR) is 59.9 cm³/mol. The lowest BCUT2D eigenvalue weighted by Gasteiger charge is -2.25. The van der Waals surface area contributed by atoms with Crippen LogP contribution in [0.5, 0.6) is 0 Å². The van der Waals surface area contributed by atoms with Crippen molar-refractivity contribution in [3.8, 4) is 0 Å². The van der Waals surface area contributed by atoms with Crippen LogP contribution in [-0.4, -0.2) is 34.0 Å². The summed E-state index contributed by atoms with van der Waals surface area (Å²) >= 11 is 1.13. The lowest BCUT2D eigenvalue weighted by atomic mass is 9.99. The zero-order valence-electron chi connectivity index (χ0n) is 9.08. The second kappa shape index (κ2) is 4.88. The number of aliphatic carboxylic acids is 1. The van der Waals surface area contributed by atoms with Crippen molar-refractivity contribution < 1.29 is 14.7 Å². The summed E-state index contributed by atoms with van der Waals surface area (Å²) in [5, 5.41) is 11.3. The second-order valence-corrected chi connectivity index (χ2v) is 5.42. The molecule has 0 saturated heterocycles. The van der Waals surface area contributed by atoms with Crippen LogP contribution in [0.25, 0.3) is 0 Å². The van der Waals surface area contributed by atoms with Gasteiger partial charge < -0.3 is 10.4 Å². The second-order valence-electron chi connectivity index (χ2n) is 4.43. The molecule has 0 aliphatic heterocycles. The van der Waals surface area contributed by atoms with E-state index in [1.807, 2.05) is 13.8 Å². The van der Waals surface area contributed by atoms with Gasteiger partial charge in [0.2, 0.25) is 5.91 Å². The number of carbonyl (C=O) groups excluding carboxylic acids is 1. The van der Waals surface area contributed by atoms with E-state index in [0.717, 1.165) is 11.8 Å². The van der Waals surface area contributed by atoms with Crippen LogP contribution in [0.3, 0.4) is 0 Å². The molecule has 0 heterocycles. The minimum Gasteiger partial charge on any atom is -0.481 e. The lowest BCUT2D eigenvalue weighted by Crippen LogP contribution is -2.46. The first-order valence-electron chi connectivity index (χ1n) is 5.02. The Morgan fingerprint density at radius 3 is 2.47 bits per heavy atom. The summed E-state index contributed by atoms with van der Waals surface area (Å²) in [6, 6.07) is 0. The van der Waals surface area contributed by atoms with Gasteiger partial charge in [0.25, 0.3) is 0 Å². The van der Waals surface area contributed by atoms with Crippen molar-refractivity contribution in [3.05, 3.63) is 0 Å². The molecule has 1 aliphatic rings. The number of thioether (sulfide) groups is 1. The number of carboxylic acid groups (broad SMARTS) is 1. The first-order chi connectivity index (χ1) is 6.92. The van der Waals surface area contributed by atoms with Crippen LogP contribution in [-0.2, 0) is 9.59 Å². The van der Waals surface area contributed by atoms with Gasteiger partial charge in [-0.3, -0.25) is 9.59 Å². The number of carboxylic acids is 1. The quantitative estimate of drug-likeness (QED) is 0.718. The molecule has 15 heavy (non-hydrogen) atoms. The van der Waals surface area contributed by atoms with Crippen LogP contribution < -0.4 is 5.32 Å². The first kappa shape index (κ1) is 12.4. The largest absolute Gasteiger partial charge is 0.481 e. The maximum absolute atomic E-state index is 11.4. The molecule has 5 heteroatoms. The van der Waals surface area contributed by atoms with Crippen molar-refractivity contribution in [2.75, 3.05) is 11.5 Å². The molecule has 0 aromatic rings. The molecular formula is C10H17NO3S. The average Bonchev–Trinajstić information content (AvgIpc) is 2.83. The monoisotopic (exact) mass is 231 g/mol. The van der Waals surface area contributed by atoms with Gasteiger partial charge in [-0.25, -0.2) is 0 Å². The molecule has 0 unspecified atom stereocenters. The fourth-order valence-corrected chi connectivity index (χ4v) is 2.07. The molecule has 0 atom stereocenters. The highest BCUT2D eigenvalue weighted by atomic mass is 32.2. The summed E-state index contributed by atoms with van der Waals surface area (Å²) in [5.41, 5.74) is -0.138. The van der Waals surface area contributed by atoms with Crippen molar-refractivity contribution in [2.24, 2.45) is 5.92 Å². The Morgan fingerprint density at radius 2 is 2.00 bits per heavy atom. The summed E-state index contributed by atoms with van der Waals surface area (Å²) in [7, 11) is 0. The first-order valence-corrected chi connectivity index (χ1v) is 6.18. The molecule has 0 spiro atoms. The van der Waals surface area contributed by atoms with E-state index in [1.54, 1.807) is 0 Å². The molecule has 0 bridgehead atoms. The van der Waals surface area contributed by atoms with Crippen LogP contribution in [0.2, 0.25) is 0 Å². The fraction of sp³-hybridized carbons (Fsp3) is 0.800. The van der Waals surface area contributed by atoms with Crippen molar-refractivity contribution in [3.63, 3.8) is 0 Å². The van der Waals surface area contributed by atoms with E-state index in [-0.39, 0.29) is 23.0 Å². The minimum absolute atomic E-state index is 0.0166. The van der Waals surface area contributed by atoms with E-state index in [0.29, 0.717) is 5.92 Å². The molecule has 1 rings (SSSR count). The van der Waals surface area contributed by atoms with Crippen LogP contribution >= 0.6 is 11.8 Å². The molecule has 0 radical (unpaired) electrons. The molecular weight excluding hydrogens is 214 g/mol. The standard InChI is InChI=1S/C10H17NO3S/c1-10(2,7-3-4-7)11-8(12)5-15-6-9(13)14/h7H,3-6H2,1-2H3,(H,11,12)(H,13,14). The van der Waals surface area contributed by atoms with Gasteiger partial charge in [-0.1, -0.05) is 0 Å². The maximum Gasteiger partial charge on any atom is 0.313 e. The van der Waals surface area contributed by atoms with Crippen molar-refractivity contribution in [2.45, 2.75) is 32.2 Å². The summed E-state index contributed by atoms with van der Waals surface area (Å²) in [6.45, 7) is 4.04. The third-order valence-corrected chi connectivity index (χ3v) is 3.44. The number of carbonyl (C=O) groups is 2. The smallest absolute Gasteiger partial charge is 0.313 e. The summed E-state index contributed by atoms with van der Waals surface area (Å²) in [6.07, 6.45) is 2.35. The van der Waals surface area contributed by atoms with E-state index in [9.17, 15) is 9.59 Å². The normalized spacial score (nSPS) is 16.1. The van der Waals surface area contributed by atoms with Crippen molar-refractivity contribution >= 4 is 23.6 Å². The SMILES string of the molecule is CC(C)(NC(=O)CSCC(=O)O)C1CC1. The zero-order chi connectivity index (χ0) is 11.5. The Balaban J connectivity index is 2.20. The predicted octanol–water partition coefficient (Wildman–Crippen LogP) is 1.11. The molecule has 2 N–H and O–H groups in total. The van der Waals surface area contributed by atoms with Crippen LogP contribution in [0.1, 0.15) is 26.7 Å². The molecule has 1 saturated carbocycles. The summed E-state index contributed by atoms with van der Waals surface area (Å²) in [5.74, 6) is -0.155. The fourth-order valence-electron chi connectivity index (χ4n) is 1.53. The van der Waals surface area contributed by atoms with Gasteiger partial charge in [0.15, 0.2) is 0 Å². The third kappa shape index (κ3) is 4.55. The van der Waals surface area contributed by atoms with Gasteiger partial charge in [-0.05, 0) is 32.6 Å². The highest BCUT2D eigenvalue weighted by Gasteiger charge is 2.38. The van der Waals surface area contributed by atoms with Crippen LogP contribution in [0, 0.1) is 5.92 Å².